The van der Waals surface area contributed by atoms with Gasteiger partial charge < -0.3 is 10.1 Å². The molecule has 0 aliphatic carbocycles. The van der Waals surface area contributed by atoms with Crippen LogP contribution in [0.3, 0.4) is 0 Å². The van der Waals surface area contributed by atoms with Gasteiger partial charge in [0.1, 0.15) is 5.75 Å². The van der Waals surface area contributed by atoms with Gasteiger partial charge in [-0.05, 0) is 31.5 Å². The number of nitro groups is 1. The number of nitrogens with zero attached hydrogens (tertiary/aromatic N) is 1. The SMILES string of the molecule is CCNC(CC)Cc1ccc(OC)cc1[N+](=O)[O-]. The molecule has 0 spiro atoms. The summed E-state index contributed by atoms with van der Waals surface area (Å²) in [5, 5.41) is 14.4. The Hall–Kier alpha value is -1.62. The first-order valence-electron chi connectivity index (χ1n) is 6.17. The minimum Gasteiger partial charge on any atom is -0.497 e. The fourth-order valence-electron chi connectivity index (χ4n) is 1.93. The van der Waals surface area contributed by atoms with E-state index in [0.29, 0.717) is 12.2 Å². The zero-order chi connectivity index (χ0) is 13.5. The Morgan fingerprint density at radius 1 is 1.44 bits per heavy atom. The van der Waals surface area contributed by atoms with Crippen LogP contribution < -0.4 is 10.1 Å². The highest BCUT2D eigenvalue weighted by atomic mass is 16.6. The molecular weight excluding hydrogens is 232 g/mol. The average molecular weight is 252 g/mol. The van der Waals surface area contributed by atoms with Gasteiger partial charge in [-0.2, -0.15) is 0 Å². The van der Waals surface area contributed by atoms with Crippen LogP contribution in [0.1, 0.15) is 25.8 Å². The lowest BCUT2D eigenvalue weighted by Crippen LogP contribution is -2.30. The predicted octanol–water partition coefficient (Wildman–Crippen LogP) is 2.53. The van der Waals surface area contributed by atoms with E-state index >= 15 is 0 Å². The second-order valence-electron chi connectivity index (χ2n) is 4.12. The fraction of sp³-hybridized carbons (Fsp3) is 0.538. The highest BCUT2D eigenvalue weighted by molar-refractivity contribution is 5.46. The van der Waals surface area contributed by atoms with Crippen LogP contribution in [0.5, 0.6) is 5.75 Å². The van der Waals surface area contributed by atoms with E-state index in [2.05, 4.69) is 12.2 Å². The summed E-state index contributed by atoms with van der Waals surface area (Å²) >= 11 is 0. The van der Waals surface area contributed by atoms with Crippen LogP contribution in [0, 0.1) is 10.1 Å². The van der Waals surface area contributed by atoms with Gasteiger partial charge in [-0.3, -0.25) is 10.1 Å². The van der Waals surface area contributed by atoms with Crippen molar-refractivity contribution in [3.8, 4) is 5.75 Å². The maximum Gasteiger partial charge on any atom is 0.276 e. The third-order valence-corrected chi connectivity index (χ3v) is 2.94. The van der Waals surface area contributed by atoms with E-state index in [-0.39, 0.29) is 16.7 Å². The molecule has 0 fully saturated rings. The summed E-state index contributed by atoms with van der Waals surface area (Å²) in [5.74, 6) is 0.516. The lowest BCUT2D eigenvalue weighted by molar-refractivity contribution is -0.385. The number of hydrogen-bond donors (Lipinski definition) is 1. The van der Waals surface area contributed by atoms with E-state index in [1.807, 2.05) is 6.92 Å². The van der Waals surface area contributed by atoms with Crippen LogP contribution in [0.4, 0.5) is 5.69 Å². The third-order valence-electron chi connectivity index (χ3n) is 2.94. The van der Waals surface area contributed by atoms with Crippen molar-refractivity contribution in [1.82, 2.24) is 5.32 Å². The van der Waals surface area contributed by atoms with Gasteiger partial charge in [0, 0.05) is 11.6 Å². The van der Waals surface area contributed by atoms with Crippen molar-refractivity contribution in [3.05, 3.63) is 33.9 Å². The van der Waals surface area contributed by atoms with Crippen molar-refractivity contribution in [2.45, 2.75) is 32.7 Å². The average Bonchev–Trinajstić information content (AvgIpc) is 2.38. The summed E-state index contributed by atoms with van der Waals surface area (Å²) in [5.41, 5.74) is 0.874. The lowest BCUT2D eigenvalue weighted by Gasteiger charge is -2.16. The highest BCUT2D eigenvalue weighted by Gasteiger charge is 2.17. The second kappa shape index (κ2) is 6.96. The van der Waals surface area contributed by atoms with E-state index < -0.39 is 0 Å². The van der Waals surface area contributed by atoms with Crippen LogP contribution >= 0.6 is 0 Å². The van der Waals surface area contributed by atoms with Crippen LogP contribution in [-0.2, 0) is 6.42 Å². The Bertz CT molecular complexity index is 407. The van der Waals surface area contributed by atoms with Crippen LogP contribution in [0.25, 0.3) is 0 Å². The summed E-state index contributed by atoms with van der Waals surface area (Å²) in [4.78, 5) is 10.7. The summed E-state index contributed by atoms with van der Waals surface area (Å²) in [6.07, 6.45) is 1.60. The fourth-order valence-corrected chi connectivity index (χ4v) is 1.93. The highest BCUT2D eigenvalue weighted by Crippen LogP contribution is 2.25. The van der Waals surface area contributed by atoms with Crippen molar-refractivity contribution in [3.63, 3.8) is 0 Å². The summed E-state index contributed by atoms with van der Waals surface area (Å²) in [6, 6.07) is 5.29. The lowest BCUT2D eigenvalue weighted by atomic mass is 10.0. The smallest absolute Gasteiger partial charge is 0.276 e. The van der Waals surface area contributed by atoms with Gasteiger partial charge in [-0.15, -0.1) is 0 Å². The number of nitro benzene ring substituents is 1. The van der Waals surface area contributed by atoms with E-state index in [1.54, 1.807) is 12.1 Å². The number of likely N-dealkylation sites (N-methyl/N-ethyl adjacent to an activating group) is 1. The molecule has 1 rings (SSSR count). The number of nitrogens with one attached hydrogen (secondary N) is 1. The molecule has 5 nitrogen and oxygen atoms in total. The largest absolute Gasteiger partial charge is 0.497 e. The van der Waals surface area contributed by atoms with Crippen molar-refractivity contribution in [1.29, 1.82) is 0 Å². The minimum atomic E-state index is -0.351. The van der Waals surface area contributed by atoms with Crippen LogP contribution in [0.2, 0.25) is 0 Å². The van der Waals surface area contributed by atoms with E-state index in [4.69, 9.17) is 4.74 Å². The van der Waals surface area contributed by atoms with E-state index in [1.165, 1.54) is 13.2 Å². The maximum absolute atomic E-state index is 11.0. The van der Waals surface area contributed by atoms with Crippen molar-refractivity contribution >= 4 is 5.69 Å². The molecule has 0 aliphatic rings. The van der Waals surface area contributed by atoms with Crippen LogP contribution in [-0.4, -0.2) is 24.6 Å². The summed E-state index contributed by atoms with van der Waals surface area (Å²) in [6.45, 7) is 4.97. The van der Waals surface area contributed by atoms with Gasteiger partial charge in [0.2, 0.25) is 0 Å². The summed E-state index contributed by atoms with van der Waals surface area (Å²) < 4.78 is 5.02. The molecule has 1 aromatic carbocycles. The minimum absolute atomic E-state index is 0.130. The van der Waals surface area contributed by atoms with Gasteiger partial charge in [-0.1, -0.05) is 13.8 Å². The molecule has 0 aromatic heterocycles. The Morgan fingerprint density at radius 3 is 2.67 bits per heavy atom. The number of ether oxygens (including phenoxy) is 1. The predicted molar refractivity (Wildman–Crippen MR) is 71.1 cm³/mol. The Balaban J connectivity index is 2.96. The van der Waals surface area contributed by atoms with Gasteiger partial charge >= 0.3 is 0 Å². The molecule has 0 bridgehead atoms. The first kappa shape index (κ1) is 14.4. The molecular formula is C13H20N2O3. The molecule has 18 heavy (non-hydrogen) atoms. The molecule has 1 aromatic rings. The Morgan fingerprint density at radius 2 is 2.17 bits per heavy atom. The second-order valence-corrected chi connectivity index (χ2v) is 4.12. The van der Waals surface area contributed by atoms with Crippen LogP contribution in [0.15, 0.2) is 18.2 Å². The summed E-state index contributed by atoms with van der Waals surface area (Å²) in [7, 11) is 1.51. The van der Waals surface area contributed by atoms with Crippen molar-refractivity contribution < 1.29 is 9.66 Å². The molecule has 0 amide bonds. The van der Waals surface area contributed by atoms with Crippen molar-refractivity contribution in [2.24, 2.45) is 0 Å². The first-order valence-corrected chi connectivity index (χ1v) is 6.17. The number of benzene rings is 1. The Labute approximate surface area is 107 Å². The standard InChI is InChI=1S/C13H20N2O3/c1-4-11(14-5-2)8-10-6-7-12(18-3)9-13(10)15(16)17/h6-7,9,11,14H,4-5,8H2,1-3H3. The molecule has 5 heteroatoms. The zero-order valence-electron chi connectivity index (χ0n) is 11.1. The van der Waals surface area contributed by atoms with Crippen molar-refractivity contribution in [2.75, 3.05) is 13.7 Å². The number of rotatable bonds is 7. The van der Waals surface area contributed by atoms with Gasteiger partial charge in [0.15, 0.2) is 0 Å². The number of methoxy groups -OCH3 is 1. The maximum atomic E-state index is 11.0. The molecule has 100 valence electrons. The van der Waals surface area contributed by atoms with E-state index in [9.17, 15) is 10.1 Å². The normalized spacial score (nSPS) is 12.2. The molecule has 0 aliphatic heterocycles. The Kier molecular flexibility index (Phi) is 5.58. The number of hydrogen-bond acceptors (Lipinski definition) is 4. The first-order chi connectivity index (χ1) is 8.62. The topological polar surface area (TPSA) is 64.4 Å². The quantitative estimate of drug-likeness (QED) is 0.598. The molecule has 0 saturated heterocycles. The molecule has 0 radical (unpaired) electrons. The molecule has 0 heterocycles. The molecule has 0 saturated carbocycles. The third kappa shape index (κ3) is 3.70. The zero-order valence-corrected chi connectivity index (χ0v) is 11.1. The van der Waals surface area contributed by atoms with Gasteiger partial charge in [0.25, 0.3) is 5.69 Å². The molecule has 1 unspecified atom stereocenters. The molecule has 1 N–H and O–H groups in total. The monoisotopic (exact) mass is 252 g/mol. The van der Waals surface area contributed by atoms with Gasteiger partial charge in [-0.25, -0.2) is 0 Å². The molecule has 1 atom stereocenters. The van der Waals surface area contributed by atoms with Gasteiger partial charge in [0.05, 0.1) is 18.1 Å². The van der Waals surface area contributed by atoms with E-state index in [0.717, 1.165) is 18.5 Å².